The van der Waals surface area contributed by atoms with Gasteiger partial charge < -0.3 is 4.42 Å². The van der Waals surface area contributed by atoms with Crippen LogP contribution >= 0.6 is 0 Å². The largest absolute Gasteiger partial charge is 0.436 e. The van der Waals surface area contributed by atoms with Crippen LogP contribution in [0.4, 0.5) is 0 Å². The van der Waals surface area contributed by atoms with Crippen molar-refractivity contribution < 1.29 is 4.42 Å². The van der Waals surface area contributed by atoms with Crippen LogP contribution in [0.25, 0.3) is 22.6 Å². The zero-order valence-corrected chi connectivity index (χ0v) is 11.5. The van der Waals surface area contributed by atoms with Gasteiger partial charge in [-0.15, -0.1) is 0 Å². The Morgan fingerprint density at radius 2 is 1.63 bits per heavy atom. The fraction of sp³-hybridized carbons (Fsp3) is 0.235. The van der Waals surface area contributed by atoms with Gasteiger partial charge in [0, 0.05) is 11.1 Å². The van der Waals surface area contributed by atoms with Gasteiger partial charge in [-0.3, -0.25) is 0 Å². The molecule has 0 bridgehead atoms. The summed E-state index contributed by atoms with van der Waals surface area (Å²) in [5.41, 5.74) is 4.07. The molecule has 0 radical (unpaired) electrons. The van der Waals surface area contributed by atoms with Gasteiger partial charge in [-0.25, -0.2) is 4.98 Å². The molecule has 0 aliphatic heterocycles. The molecule has 0 spiro atoms. The van der Waals surface area contributed by atoms with Crippen molar-refractivity contribution in [2.45, 2.75) is 26.2 Å². The maximum atomic E-state index is 6.00. The average Bonchev–Trinajstić information content (AvgIpc) is 2.82. The Bertz CT molecular complexity index is 705. The summed E-state index contributed by atoms with van der Waals surface area (Å²) >= 11 is 0. The first kappa shape index (κ1) is 12.0. The van der Waals surface area contributed by atoms with Crippen LogP contribution in [-0.2, 0) is 5.41 Å². The van der Waals surface area contributed by atoms with E-state index in [4.69, 9.17) is 4.42 Å². The Balaban J connectivity index is 2.22. The van der Waals surface area contributed by atoms with E-state index in [0.29, 0.717) is 5.89 Å². The monoisotopic (exact) mass is 252 g/mol. The molecule has 0 fully saturated rings. The molecule has 19 heavy (non-hydrogen) atoms. The molecule has 0 saturated carbocycles. The van der Waals surface area contributed by atoms with Crippen molar-refractivity contribution in [2.24, 2.45) is 0 Å². The van der Waals surface area contributed by atoms with E-state index in [1.54, 1.807) is 0 Å². The van der Waals surface area contributed by atoms with Crippen molar-refractivity contribution in [3.05, 3.63) is 54.1 Å². The second-order valence-electron chi connectivity index (χ2n) is 5.79. The number of benzene rings is 2. The van der Waals surface area contributed by atoms with Gasteiger partial charge in [0.25, 0.3) is 0 Å². The summed E-state index contributed by atoms with van der Waals surface area (Å²) in [6.07, 6.45) is 0. The van der Waals surface area contributed by atoms with Gasteiger partial charge in [0.2, 0.25) is 5.89 Å². The molecule has 0 saturated heterocycles. The van der Waals surface area contributed by atoms with Crippen LogP contribution in [-0.4, -0.2) is 4.98 Å². The number of hydrogen-bond acceptors (Lipinski definition) is 2. The third-order valence-corrected chi connectivity index (χ3v) is 3.24. The molecule has 1 heterocycles. The van der Waals surface area contributed by atoms with Crippen LogP contribution in [0.5, 0.6) is 0 Å². The van der Waals surface area contributed by atoms with Gasteiger partial charge in [0.05, 0.1) is 0 Å². The highest BCUT2D eigenvalue weighted by Gasteiger charge is 2.20. The molecule has 3 aromatic rings. The molecule has 2 heteroatoms. The summed E-state index contributed by atoms with van der Waals surface area (Å²) < 4.78 is 6.00. The fourth-order valence-electron chi connectivity index (χ4n) is 2.24. The topological polar surface area (TPSA) is 26.0 Å². The number of hydrogen-bond donors (Lipinski definition) is 0. The minimum Gasteiger partial charge on any atom is -0.436 e. The van der Waals surface area contributed by atoms with Crippen LogP contribution < -0.4 is 0 Å². The van der Waals surface area contributed by atoms with Gasteiger partial charge in [0.1, 0.15) is 5.52 Å². The molecular formula is C17H17NO. The Morgan fingerprint density at radius 3 is 2.32 bits per heavy atom. The lowest BCUT2D eigenvalue weighted by atomic mass is 9.86. The Kier molecular flexibility index (Phi) is 2.67. The number of para-hydroxylation sites is 1. The summed E-state index contributed by atoms with van der Waals surface area (Å²) in [5.74, 6) is 0.687. The SMILES string of the molecule is CC(C)(C)c1cccc2n[13c](-c3ccccc3)oc12. The predicted molar refractivity (Wildman–Crippen MR) is 78.1 cm³/mol. The standard InChI is InChI=1S/C17H17NO/c1-17(2,3)13-10-7-11-14-15(13)19-16(18-14)12-8-5-4-6-9-12/h4-11H,1-3H3/i16+1. The summed E-state index contributed by atoms with van der Waals surface area (Å²) in [7, 11) is 0. The normalized spacial score (nSPS) is 11.9. The molecule has 0 amide bonds. The molecule has 0 aliphatic rings. The summed E-state index contributed by atoms with van der Waals surface area (Å²) in [4.78, 5) is 4.59. The third kappa shape index (κ3) is 2.14. The lowest BCUT2D eigenvalue weighted by Crippen LogP contribution is -2.10. The van der Waals surface area contributed by atoms with Crippen molar-refractivity contribution in [1.82, 2.24) is 4.98 Å². The highest BCUT2D eigenvalue weighted by Crippen LogP contribution is 2.32. The van der Waals surface area contributed by atoms with Crippen molar-refractivity contribution in [3.8, 4) is 11.5 Å². The first-order chi connectivity index (χ1) is 9.05. The van der Waals surface area contributed by atoms with Crippen LogP contribution in [0, 0.1) is 0 Å². The number of oxazole rings is 1. The summed E-state index contributed by atoms with van der Waals surface area (Å²) in [6, 6.07) is 16.2. The second kappa shape index (κ2) is 4.23. The smallest absolute Gasteiger partial charge is 0.227 e. The molecule has 3 rings (SSSR count). The molecular weight excluding hydrogens is 235 g/mol. The van der Waals surface area contributed by atoms with E-state index in [-0.39, 0.29) is 5.41 Å². The van der Waals surface area contributed by atoms with E-state index >= 15 is 0 Å². The van der Waals surface area contributed by atoms with Gasteiger partial charge in [-0.05, 0) is 23.6 Å². The predicted octanol–water partition coefficient (Wildman–Crippen LogP) is 4.79. The first-order valence-corrected chi connectivity index (χ1v) is 6.51. The van der Waals surface area contributed by atoms with Crippen LogP contribution in [0.2, 0.25) is 0 Å². The van der Waals surface area contributed by atoms with Gasteiger partial charge in [0.15, 0.2) is 5.58 Å². The molecule has 2 aromatic carbocycles. The fourth-order valence-corrected chi connectivity index (χ4v) is 2.24. The number of rotatable bonds is 1. The third-order valence-electron chi connectivity index (χ3n) is 3.24. The quantitative estimate of drug-likeness (QED) is 0.622. The molecule has 0 unspecified atom stereocenters. The van der Waals surface area contributed by atoms with Crippen molar-refractivity contribution >= 4 is 11.1 Å². The lowest BCUT2D eigenvalue weighted by molar-refractivity contribution is 0.561. The number of aromatic nitrogens is 1. The van der Waals surface area contributed by atoms with E-state index < -0.39 is 0 Å². The molecule has 0 aliphatic carbocycles. The van der Waals surface area contributed by atoms with Gasteiger partial charge >= 0.3 is 0 Å². The number of fused-ring (bicyclic) bond motifs is 1. The van der Waals surface area contributed by atoms with E-state index in [1.807, 2.05) is 42.5 Å². The Labute approximate surface area is 113 Å². The Hall–Kier alpha value is -2.09. The highest BCUT2D eigenvalue weighted by molar-refractivity contribution is 5.80. The maximum absolute atomic E-state index is 6.00. The Morgan fingerprint density at radius 1 is 0.895 bits per heavy atom. The van der Waals surface area contributed by atoms with E-state index in [2.05, 4.69) is 31.8 Å². The van der Waals surface area contributed by atoms with Gasteiger partial charge in [-0.2, -0.15) is 0 Å². The van der Waals surface area contributed by atoms with Crippen LogP contribution in [0.3, 0.4) is 0 Å². The zero-order valence-electron chi connectivity index (χ0n) is 11.5. The molecule has 0 N–H and O–H groups in total. The molecule has 0 atom stereocenters. The van der Waals surface area contributed by atoms with E-state index in [9.17, 15) is 0 Å². The first-order valence-electron chi connectivity index (χ1n) is 6.51. The van der Waals surface area contributed by atoms with Crippen LogP contribution in [0.15, 0.2) is 52.9 Å². The second-order valence-corrected chi connectivity index (χ2v) is 5.79. The van der Waals surface area contributed by atoms with Gasteiger partial charge in [-0.1, -0.05) is 51.1 Å². The van der Waals surface area contributed by atoms with Crippen LogP contribution in [0.1, 0.15) is 26.3 Å². The minimum absolute atomic E-state index is 0.0486. The maximum Gasteiger partial charge on any atom is 0.227 e. The minimum atomic E-state index is 0.0486. The lowest BCUT2D eigenvalue weighted by Gasteiger charge is -2.18. The molecule has 1 aromatic heterocycles. The van der Waals surface area contributed by atoms with Crippen molar-refractivity contribution in [3.63, 3.8) is 0 Å². The summed E-state index contributed by atoms with van der Waals surface area (Å²) in [5, 5.41) is 0. The van der Waals surface area contributed by atoms with E-state index in [1.165, 1.54) is 5.56 Å². The number of nitrogens with zero attached hydrogens (tertiary/aromatic N) is 1. The summed E-state index contributed by atoms with van der Waals surface area (Å²) in [6.45, 7) is 6.56. The highest BCUT2D eigenvalue weighted by atomic mass is 16.4. The molecule has 96 valence electrons. The van der Waals surface area contributed by atoms with Crippen molar-refractivity contribution in [2.75, 3.05) is 0 Å². The molecule has 2 nitrogen and oxygen atoms in total. The van der Waals surface area contributed by atoms with E-state index in [0.717, 1.165) is 16.7 Å². The van der Waals surface area contributed by atoms with Crippen molar-refractivity contribution in [1.29, 1.82) is 0 Å². The average molecular weight is 252 g/mol. The zero-order chi connectivity index (χ0) is 13.5.